The Balaban J connectivity index is 2.20. The molecule has 0 heterocycles. The summed E-state index contributed by atoms with van der Waals surface area (Å²) in [4.78, 5) is 12.4. The second-order valence-corrected chi connectivity index (χ2v) is 5.45. The molecule has 0 unspecified atom stereocenters. The Labute approximate surface area is 120 Å². The first kappa shape index (κ1) is 14.3. The van der Waals surface area contributed by atoms with Crippen LogP contribution in [0.25, 0.3) is 0 Å². The molecule has 0 aliphatic rings. The molecule has 0 radical (unpaired) electrons. The summed E-state index contributed by atoms with van der Waals surface area (Å²) in [5, 5.41) is 3.05. The van der Waals surface area contributed by atoms with Crippen LogP contribution in [0.15, 0.2) is 48.5 Å². The third kappa shape index (κ3) is 3.47. The molecule has 2 aromatic rings. The monoisotopic (exact) mass is 267 g/mol. The molecule has 0 aromatic heterocycles. The van der Waals surface area contributed by atoms with Crippen LogP contribution in [0.1, 0.15) is 35.3 Å². The zero-order valence-corrected chi connectivity index (χ0v) is 12.3. The summed E-state index contributed by atoms with van der Waals surface area (Å²) >= 11 is 0. The van der Waals surface area contributed by atoms with Crippen LogP contribution in [0.2, 0.25) is 0 Å². The zero-order chi connectivity index (χ0) is 14.5. The van der Waals surface area contributed by atoms with Crippen LogP contribution in [0, 0.1) is 5.92 Å². The number of hydrogen-bond acceptors (Lipinski definition) is 2. The van der Waals surface area contributed by atoms with E-state index >= 15 is 0 Å². The number of anilines is 1. The van der Waals surface area contributed by atoms with E-state index in [-0.39, 0.29) is 5.78 Å². The molecule has 2 rings (SSSR count). The molecule has 20 heavy (non-hydrogen) atoms. The highest BCUT2D eigenvalue weighted by Gasteiger charge is 2.09. The number of carbonyl (C=O) groups is 1. The van der Waals surface area contributed by atoms with Crippen molar-refractivity contribution in [3.63, 3.8) is 0 Å². The summed E-state index contributed by atoms with van der Waals surface area (Å²) in [6, 6.07) is 15.5. The first-order valence-corrected chi connectivity index (χ1v) is 7.01. The minimum absolute atomic E-state index is 0.0678. The van der Waals surface area contributed by atoms with Gasteiger partial charge in [0.1, 0.15) is 0 Å². The lowest BCUT2D eigenvalue weighted by molar-refractivity contribution is 0.103. The smallest absolute Gasteiger partial charge is 0.193 e. The van der Waals surface area contributed by atoms with Crippen LogP contribution < -0.4 is 5.32 Å². The van der Waals surface area contributed by atoms with Crippen LogP contribution in [-0.4, -0.2) is 12.8 Å². The number of nitrogens with one attached hydrogen (secondary N) is 1. The van der Waals surface area contributed by atoms with E-state index in [0.29, 0.717) is 11.5 Å². The number of benzene rings is 2. The fourth-order valence-electron chi connectivity index (χ4n) is 2.25. The molecule has 0 saturated carbocycles. The Bertz CT molecular complexity index is 585. The second-order valence-electron chi connectivity index (χ2n) is 5.45. The maximum Gasteiger partial charge on any atom is 0.193 e. The van der Waals surface area contributed by atoms with Crippen molar-refractivity contribution in [1.29, 1.82) is 0 Å². The minimum Gasteiger partial charge on any atom is -0.388 e. The summed E-state index contributed by atoms with van der Waals surface area (Å²) in [6.45, 7) is 4.39. The number of carbonyl (C=O) groups excluding carboxylic acids is 1. The van der Waals surface area contributed by atoms with Gasteiger partial charge in [0.15, 0.2) is 5.78 Å². The number of rotatable bonds is 5. The highest BCUT2D eigenvalue weighted by atomic mass is 16.1. The first-order chi connectivity index (χ1) is 9.60. The summed E-state index contributed by atoms with van der Waals surface area (Å²) in [6.07, 6.45) is 1.05. The summed E-state index contributed by atoms with van der Waals surface area (Å²) in [7, 11) is 1.85. The van der Waals surface area contributed by atoms with Gasteiger partial charge in [0.05, 0.1) is 0 Å². The summed E-state index contributed by atoms with van der Waals surface area (Å²) in [5.74, 6) is 0.696. The molecule has 0 amide bonds. The molecular weight excluding hydrogens is 246 g/mol. The van der Waals surface area contributed by atoms with Gasteiger partial charge in [0, 0.05) is 23.9 Å². The predicted octanol–water partition coefficient (Wildman–Crippen LogP) is 4.16. The zero-order valence-electron chi connectivity index (χ0n) is 12.3. The van der Waals surface area contributed by atoms with Gasteiger partial charge >= 0.3 is 0 Å². The van der Waals surface area contributed by atoms with Gasteiger partial charge in [0.25, 0.3) is 0 Å². The van der Waals surface area contributed by atoms with Gasteiger partial charge in [0.2, 0.25) is 0 Å². The van der Waals surface area contributed by atoms with Gasteiger partial charge in [-0.25, -0.2) is 0 Å². The quantitative estimate of drug-likeness (QED) is 0.824. The summed E-state index contributed by atoms with van der Waals surface area (Å²) in [5.41, 5.74) is 3.69. The average Bonchev–Trinajstić information content (AvgIpc) is 2.47. The van der Waals surface area contributed by atoms with E-state index < -0.39 is 0 Å². The third-order valence-corrected chi connectivity index (χ3v) is 3.27. The largest absolute Gasteiger partial charge is 0.388 e. The van der Waals surface area contributed by atoms with Crippen molar-refractivity contribution in [2.75, 3.05) is 12.4 Å². The van der Waals surface area contributed by atoms with Crippen molar-refractivity contribution >= 4 is 11.5 Å². The highest BCUT2D eigenvalue weighted by Crippen LogP contribution is 2.16. The molecule has 0 bridgehead atoms. The second kappa shape index (κ2) is 6.38. The van der Waals surface area contributed by atoms with Gasteiger partial charge < -0.3 is 5.32 Å². The normalized spacial score (nSPS) is 10.6. The Morgan fingerprint density at radius 1 is 1.05 bits per heavy atom. The van der Waals surface area contributed by atoms with Crippen molar-refractivity contribution in [1.82, 2.24) is 0 Å². The molecule has 104 valence electrons. The van der Waals surface area contributed by atoms with Crippen LogP contribution in [0.3, 0.4) is 0 Å². The molecule has 2 nitrogen and oxygen atoms in total. The first-order valence-electron chi connectivity index (χ1n) is 7.01. The predicted molar refractivity (Wildman–Crippen MR) is 84.4 cm³/mol. The van der Waals surface area contributed by atoms with Gasteiger partial charge in [-0.15, -0.1) is 0 Å². The standard InChI is InChI=1S/C18H21NO/c1-13(2)11-14-7-9-15(10-8-14)18(20)16-5-4-6-17(12-16)19-3/h4-10,12-13,19H,11H2,1-3H3. The summed E-state index contributed by atoms with van der Waals surface area (Å²) < 4.78 is 0. The van der Waals surface area contributed by atoms with Crippen molar-refractivity contribution in [2.24, 2.45) is 5.92 Å². The van der Waals surface area contributed by atoms with Crippen LogP contribution >= 0.6 is 0 Å². The van der Waals surface area contributed by atoms with E-state index in [1.807, 2.05) is 43.4 Å². The minimum atomic E-state index is 0.0678. The number of ketones is 1. The molecule has 0 aliphatic carbocycles. The molecule has 2 heteroatoms. The van der Waals surface area contributed by atoms with Gasteiger partial charge in [-0.2, -0.15) is 0 Å². The fourth-order valence-corrected chi connectivity index (χ4v) is 2.25. The van der Waals surface area contributed by atoms with E-state index in [9.17, 15) is 4.79 Å². The Morgan fingerprint density at radius 3 is 2.35 bits per heavy atom. The van der Waals surface area contributed by atoms with Crippen LogP contribution in [-0.2, 0) is 6.42 Å². The van der Waals surface area contributed by atoms with E-state index in [4.69, 9.17) is 0 Å². The van der Waals surface area contributed by atoms with Crippen molar-refractivity contribution < 1.29 is 4.79 Å². The van der Waals surface area contributed by atoms with Crippen molar-refractivity contribution in [3.05, 3.63) is 65.2 Å². The molecule has 0 saturated heterocycles. The van der Waals surface area contributed by atoms with E-state index in [1.54, 1.807) is 0 Å². The lowest BCUT2D eigenvalue weighted by atomic mass is 9.98. The maximum atomic E-state index is 12.4. The maximum absolute atomic E-state index is 12.4. The van der Waals surface area contributed by atoms with Gasteiger partial charge in [-0.1, -0.05) is 50.2 Å². The third-order valence-electron chi connectivity index (χ3n) is 3.27. The van der Waals surface area contributed by atoms with Gasteiger partial charge in [-0.3, -0.25) is 4.79 Å². The van der Waals surface area contributed by atoms with Crippen molar-refractivity contribution in [2.45, 2.75) is 20.3 Å². The fraction of sp³-hybridized carbons (Fsp3) is 0.278. The lowest BCUT2D eigenvalue weighted by Gasteiger charge is -2.07. The number of hydrogen-bond donors (Lipinski definition) is 1. The van der Waals surface area contributed by atoms with E-state index in [0.717, 1.165) is 17.7 Å². The SMILES string of the molecule is CNc1cccc(C(=O)c2ccc(CC(C)C)cc2)c1. The molecule has 0 spiro atoms. The average molecular weight is 267 g/mol. The van der Waals surface area contributed by atoms with Gasteiger partial charge in [-0.05, 0) is 30.0 Å². The topological polar surface area (TPSA) is 29.1 Å². The van der Waals surface area contributed by atoms with Crippen LogP contribution in [0.4, 0.5) is 5.69 Å². The lowest BCUT2D eigenvalue weighted by Crippen LogP contribution is -2.03. The van der Waals surface area contributed by atoms with E-state index in [1.165, 1.54) is 5.56 Å². The molecule has 0 atom stereocenters. The molecule has 0 fully saturated rings. The molecular formula is C18H21NO. The Kier molecular flexibility index (Phi) is 4.57. The highest BCUT2D eigenvalue weighted by molar-refractivity contribution is 6.09. The van der Waals surface area contributed by atoms with Crippen molar-refractivity contribution in [3.8, 4) is 0 Å². The Morgan fingerprint density at radius 2 is 1.75 bits per heavy atom. The Hall–Kier alpha value is -2.09. The molecule has 2 aromatic carbocycles. The van der Waals surface area contributed by atoms with E-state index in [2.05, 4.69) is 31.3 Å². The van der Waals surface area contributed by atoms with Crippen LogP contribution in [0.5, 0.6) is 0 Å². The molecule has 1 N–H and O–H groups in total. The molecule has 0 aliphatic heterocycles.